The third kappa shape index (κ3) is 10.6. The minimum Gasteiger partial charge on any atom is -0.497 e. The van der Waals surface area contributed by atoms with Gasteiger partial charge in [-0.1, -0.05) is 24.3 Å². The summed E-state index contributed by atoms with van der Waals surface area (Å²) in [5.74, 6) is -3.19. The molecule has 1 aromatic heterocycles. The average molecular weight is 832 g/mol. The van der Waals surface area contributed by atoms with E-state index in [4.69, 9.17) is 19.9 Å². The number of fused-ring (bicyclic) bond motifs is 1. The Bertz CT molecular complexity index is 2120. The zero-order chi connectivity index (χ0) is 42.4. The maximum atomic E-state index is 13.9. The van der Waals surface area contributed by atoms with Gasteiger partial charge in [0.25, 0.3) is 5.91 Å². The van der Waals surface area contributed by atoms with Gasteiger partial charge >= 0.3 is 30.2 Å². The number of methoxy groups -OCH3 is 1. The first kappa shape index (κ1) is 42.9. The Balaban J connectivity index is 1.33. The van der Waals surface area contributed by atoms with Crippen molar-refractivity contribution in [3.8, 4) is 11.5 Å². The van der Waals surface area contributed by atoms with Crippen LogP contribution in [0.3, 0.4) is 0 Å². The van der Waals surface area contributed by atoms with Gasteiger partial charge in [0.2, 0.25) is 6.20 Å². The standard InChI is InChI=1S/C37H41F3N8O9S/c1-36(2,3)57-35(53)43-15-14-42-34(52)45-25-18-47(46(4)29(25)41)17-23-20-58-31-27(44-16-22-8-6-7-9-26(22)56-33(51)37(38,39)40)30(49)48(31)28(23)32(50)55-19-21-10-12-24(54-5)13-11-21/h6-13,16,18,27,31,41H,14-15,17,19-20H2,1-5H3,(H3,42,43,45,52,53)/p+1/t27-,31-/m1/s1. The molecule has 5 rings (SSSR count). The number of nitrogens with two attached hydrogens (primary N) is 1. The Morgan fingerprint density at radius 2 is 1.74 bits per heavy atom. The number of benzene rings is 2. The van der Waals surface area contributed by atoms with Gasteiger partial charge < -0.3 is 35.3 Å². The second-order valence-corrected chi connectivity index (χ2v) is 14.9. The number of carbonyl (C=O) groups excluding carboxylic acids is 5. The molecule has 1 saturated heterocycles. The number of ether oxygens (including phenoxy) is 4. The number of anilines is 2. The number of β-lactam (4-membered cyclic amide) rings is 1. The first-order valence-electron chi connectivity index (χ1n) is 17.6. The molecule has 2 aliphatic rings. The van der Waals surface area contributed by atoms with E-state index in [1.807, 2.05) is 0 Å². The highest BCUT2D eigenvalue weighted by molar-refractivity contribution is 8.00. The lowest BCUT2D eigenvalue weighted by Gasteiger charge is -2.47. The molecule has 5 N–H and O–H groups in total. The number of aromatic nitrogens is 2. The predicted molar refractivity (Wildman–Crippen MR) is 204 cm³/mol. The lowest BCUT2D eigenvalue weighted by molar-refractivity contribution is -0.765. The van der Waals surface area contributed by atoms with Crippen molar-refractivity contribution in [2.45, 2.75) is 57.1 Å². The fourth-order valence-corrected chi connectivity index (χ4v) is 6.92. The van der Waals surface area contributed by atoms with E-state index >= 15 is 0 Å². The molecule has 1 fully saturated rings. The summed E-state index contributed by atoms with van der Waals surface area (Å²) in [4.78, 5) is 69.2. The van der Waals surface area contributed by atoms with Crippen LogP contribution in [0.2, 0.25) is 0 Å². The largest absolute Gasteiger partial charge is 0.497 e. The van der Waals surface area contributed by atoms with Crippen molar-refractivity contribution in [3.05, 3.63) is 77.1 Å². The molecule has 58 heavy (non-hydrogen) atoms. The number of alkyl halides is 3. The van der Waals surface area contributed by atoms with Crippen LogP contribution in [-0.2, 0) is 44.1 Å². The molecule has 2 atom stereocenters. The number of rotatable bonds is 13. The molecule has 3 aromatic rings. The lowest BCUT2D eigenvalue weighted by atomic mass is 10.0. The normalized spacial score (nSPS) is 16.6. The van der Waals surface area contributed by atoms with Crippen LogP contribution in [0.25, 0.3) is 0 Å². The Kier molecular flexibility index (Phi) is 13.2. The first-order valence-corrected chi connectivity index (χ1v) is 18.7. The third-order valence-corrected chi connectivity index (χ3v) is 9.76. The minimum absolute atomic E-state index is 0.0229. The quantitative estimate of drug-likeness (QED) is 0.0490. The Morgan fingerprint density at radius 1 is 1.05 bits per heavy atom. The van der Waals surface area contributed by atoms with Crippen molar-refractivity contribution in [1.29, 1.82) is 0 Å². The van der Waals surface area contributed by atoms with Crippen LogP contribution in [0.4, 0.5) is 34.3 Å². The number of para-hydroxylation sites is 1. The topological polar surface area (TPSA) is 209 Å². The Morgan fingerprint density at radius 3 is 2.41 bits per heavy atom. The number of nitrogens with zero attached hydrogens (tertiary/aromatic N) is 4. The van der Waals surface area contributed by atoms with Gasteiger partial charge in [-0.25, -0.2) is 19.2 Å². The van der Waals surface area contributed by atoms with Gasteiger partial charge in [-0.2, -0.15) is 13.2 Å². The highest BCUT2D eigenvalue weighted by Gasteiger charge is 2.54. The number of thioether (sulfide) groups is 1. The van der Waals surface area contributed by atoms with Gasteiger partial charge in [0.15, 0.2) is 24.1 Å². The van der Waals surface area contributed by atoms with Crippen molar-refractivity contribution in [1.82, 2.24) is 20.2 Å². The summed E-state index contributed by atoms with van der Waals surface area (Å²) in [5, 5.41) is 7.12. The molecule has 0 spiro atoms. The van der Waals surface area contributed by atoms with Crippen LogP contribution in [-0.4, -0.2) is 94.9 Å². The summed E-state index contributed by atoms with van der Waals surface area (Å²) in [5.41, 5.74) is 7.01. The van der Waals surface area contributed by atoms with Crippen molar-refractivity contribution in [2.75, 3.05) is 37.0 Å². The highest BCUT2D eigenvalue weighted by Crippen LogP contribution is 2.42. The first-order chi connectivity index (χ1) is 27.4. The van der Waals surface area contributed by atoms with Crippen LogP contribution in [0, 0.1) is 0 Å². The molecule has 310 valence electrons. The molecule has 0 aliphatic carbocycles. The fourth-order valence-electron chi connectivity index (χ4n) is 5.59. The number of nitrogens with one attached hydrogen (secondary N) is 3. The minimum atomic E-state index is -5.23. The smallest absolute Gasteiger partial charge is 0.491 e. The summed E-state index contributed by atoms with van der Waals surface area (Å²) in [6.45, 7) is 5.26. The van der Waals surface area contributed by atoms with Gasteiger partial charge in [-0.15, -0.1) is 21.1 Å². The van der Waals surface area contributed by atoms with Crippen molar-refractivity contribution < 1.29 is 60.8 Å². The SMILES string of the molecule is COc1ccc(COC(=O)C2=C(C[n+]3cc(NC(=O)NCCNC(=O)OC(C)(C)C)c(N)n3C)CS[C@@H]3[C@H](N=Cc4ccccc4OC(=O)C(F)(F)F)C(=O)N23)cc1. The maximum Gasteiger partial charge on any atom is 0.491 e. The number of alkyl carbamates (subject to hydrolysis) is 1. The fraction of sp³-hybridized carbons (Fsp3) is 0.378. The molecule has 0 unspecified atom stereocenters. The van der Waals surface area contributed by atoms with Crippen LogP contribution in [0.1, 0.15) is 31.9 Å². The third-order valence-electron chi connectivity index (χ3n) is 8.44. The molecular weight excluding hydrogens is 790 g/mol. The highest BCUT2D eigenvalue weighted by atomic mass is 32.2. The maximum absolute atomic E-state index is 13.9. The van der Waals surface area contributed by atoms with E-state index in [2.05, 4.69) is 25.7 Å². The van der Waals surface area contributed by atoms with Crippen LogP contribution < -0.4 is 35.8 Å². The number of urea groups is 1. The molecule has 0 saturated carbocycles. The zero-order valence-corrected chi connectivity index (χ0v) is 32.9. The average Bonchev–Trinajstić information content (AvgIpc) is 3.42. The predicted octanol–water partition coefficient (Wildman–Crippen LogP) is 3.42. The van der Waals surface area contributed by atoms with Crippen molar-refractivity contribution >= 4 is 59.5 Å². The van der Waals surface area contributed by atoms with Gasteiger partial charge in [0.05, 0.1) is 14.2 Å². The molecule has 17 nitrogen and oxygen atoms in total. The van der Waals surface area contributed by atoms with E-state index in [0.29, 0.717) is 16.9 Å². The van der Waals surface area contributed by atoms with Gasteiger partial charge in [0, 0.05) is 36.2 Å². The molecule has 0 bridgehead atoms. The van der Waals surface area contributed by atoms with E-state index in [-0.39, 0.29) is 54.8 Å². The summed E-state index contributed by atoms with van der Waals surface area (Å²) in [6, 6.07) is 10.6. The number of halogens is 3. The molecule has 2 aliphatic heterocycles. The van der Waals surface area contributed by atoms with Crippen LogP contribution >= 0.6 is 11.8 Å². The van der Waals surface area contributed by atoms with Gasteiger partial charge in [0.1, 0.15) is 34.8 Å². The van der Waals surface area contributed by atoms with E-state index in [0.717, 1.165) is 12.3 Å². The van der Waals surface area contributed by atoms with Crippen LogP contribution in [0.15, 0.2) is 71.0 Å². The van der Waals surface area contributed by atoms with Crippen molar-refractivity contribution in [3.63, 3.8) is 0 Å². The lowest BCUT2D eigenvalue weighted by Crippen LogP contribution is -2.64. The number of hydrogen-bond acceptors (Lipinski definition) is 12. The van der Waals surface area contributed by atoms with E-state index < -0.39 is 58.9 Å². The number of amides is 4. The number of aliphatic imine (C=N–C) groups is 1. The monoisotopic (exact) mass is 831 g/mol. The second kappa shape index (κ2) is 17.9. The number of carbonyl (C=O) groups is 5. The van der Waals surface area contributed by atoms with E-state index in [1.165, 1.54) is 46.7 Å². The van der Waals surface area contributed by atoms with E-state index in [1.54, 1.807) is 63.0 Å². The van der Waals surface area contributed by atoms with E-state index in [9.17, 15) is 37.1 Å². The molecule has 4 amide bonds. The summed E-state index contributed by atoms with van der Waals surface area (Å²) < 4.78 is 62.4. The summed E-state index contributed by atoms with van der Waals surface area (Å²) in [7, 11) is 3.15. The number of esters is 2. The number of nitrogen functional groups attached to an aromatic ring is 1. The zero-order valence-electron chi connectivity index (χ0n) is 32.0. The summed E-state index contributed by atoms with van der Waals surface area (Å²) >= 11 is 1.29. The Hall–Kier alpha value is -6.25. The summed E-state index contributed by atoms with van der Waals surface area (Å²) in [6.07, 6.45) is -3.17. The number of hydrogen-bond donors (Lipinski definition) is 4. The van der Waals surface area contributed by atoms with Gasteiger partial charge in [-0.05, 0) is 50.6 Å². The molecule has 21 heteroatoms. The molecular formula is C37H42F3N8O9S+. The molecule has 0 radical (unpaired) electrons. The molecule has 3 heterocycles. The van der Waals surface area contributed by atoms with Crippen molar-refractivity contribution in [2.24, 2.45) is 12.0 Å². The molecule has 2 aromatic carbocycles. The second-order valence-electron chi connectivity index (χ2n) is 13.8. The van der Waals surface area contributed by atoms with Gasteiger partial charge in [-0.3, -0.25) is 20.0 Å². The Labute approximate surface area is 334 Å². The van der Waals surface area contributed by atoms with Crippen LogP contribution in [0.5, 0.6) is 11.5 Å².